The molecule has 0 fully saturated rings. The van der Waals surface area contributed by atoms with E-state index in [2.05, 4.69) is 20.6 Å². The highest BCUT2D eigenvalue weighted by Gasteiger charge is 2.30. The Labute approximate surface area is 199 Å². The lowest BCUT2D eigenvalue weighted by Gasteiger charge is -2.15. The molecular weight excluding hydrogens is 461 g/mol. The first-order valence-corrected chi connectivity index (χ1v) is 10.6. The van der Waals surface area contributed by atoms with Crippen molar-refractivity contribution in [1.29, 1.82) is 0 Å². The lowest BCUT2D eigenvalue weighted by atomic mass is 10.1. The van der Waals surface area contributed by atoms with E-state index in [1.807, 2.05) is 12.1 Å². The van der Waals surface area contributed by atoms with Crippen LogP contribution in [0.15, 0.2) is 60.7 Å². The number of hydrogen-bond acceptors (Lipinski definition) is 7. The molecular formula is C25H23F3N4O3. The zero-order valence-corrected chi connectivity index (χ0v) is 19.2. The van der Waals surface area contributed by atoms with E-state index in [0.717, 1.165) is 17.8 Å². The van der Waals surface area contributed by atoms with E-state index in [4.69, 9.17) is 14.2 Å². The van der Waals surface area contributed by atoms with Crippen LogP contribution >= 0.6 is 0 Å². The van der Waals surface area contributed by atoms with Gasteiger partial charge in [0.2, 0.25) is 5.95 Å². The van der Waals surface area contributed by atoms with Gasteiger partial charge in [0.25, 0.3) is 0 Å². The van der Waals surface area contributed by atoms with Crippen LogP contribution in [0.25, 0.3) is 10.9 Å². The average Bonchev–Trinajstić information content (AvgIpc) is 2.86. The number of benzene rings is 3. The molecule has 0 unspecified atom stereocenters. The molecule has 7 nitrogen and oxygen atoms in total. The zero-order valence-electron chi connectivity index (χ0n) is 19.2. The number of halogens is 3. The maximum Gasteiger partial charge on any atom is 0.416 e. The lowest BCUT2D eigenvalue weighted by Crippen LogP contribution is -2.08. The molecule has 4 aromatic rings. The Hall–Kier alpha value is -4.21. The number of nitrogens with zero attached hydrogens (tertiary/aromatic N) is 2. The average molecular weight is 484 g/mol. The van der Waals surface area contributed by atoms with E-state index in [0.29, 0.717) is 45.5 Å². The molecule has 1 aromatic heterocycles. The predicted octanol–water partition coefficient (Wildman–Crippen LogP) is 6.03. The van der Waals surface area contributed by atoms with Crippen LogP contribution in [0.5, 0.6) is 17.2 Å². The Morgan fingerprint density at radius 2 is 1.54 bits per heavy atom. The summed E-state index contributed by atoms with van der Waals surface area (Å²) in [5.41, 5.74) is 1.03. The Kier molecular flexibility index (Phi) is 6.81. The predicted molar refractivity (Wildman–Crippen MR) is 128 cm³/mol. The molecule has 0 atom stereocenters. The molecule has 0 amide bonds. The Morgan fingerprint density at radius 1 is 0.829 bits per heavy atom. The van der Waals surface area contributed by atoms with Gasteiger partial charge in [-0.15, -0.1) is 0 Å². The maximum absolute atomic E-state index is 13.1. The van der Waals surface area contributed by atoms with Crippen LogP contribution in [0.2, 0.25) is 0 Å². The van der Waals surface area contributed by atoms with Crippen LogP contribution in [0.4, 0.5) is 30.6 Å². The smallest absolute Gasteiger partial charge is 0.416 e. The van der Waals surface area contributed by atoms with Crippen molar-refractivity contribution in [3.8, 4) is 17.2 Å². The minimum atomic E-state index is -4.42. The second kappa shape index (κ2) is 9.96. The summed E-state index contributed by atoms with van der Waals surface area (Å²) in [5.74, 6) is 2.38. The van der Waals surface area contributed by atoms with E-state index < -0.39 is 11.7 Å². The number of nitrogens with one attached hydrogen (secondary N) is 2. The number of ether oxygens (including phenoxy) is 3. The van der Waals surface area contributed by atoms with Crippen molar-refractivity contribution in [2.45, 2.75) is 12.7 Å². The van der Waals surface area contributed by atoms with Gasteiger partial charge in [-0.05, 0) is 48.0 Å². The number of fused-ring (bicyclic) bond motifs is 1. The molecule has 1 heterocycles. The van der Waals surface area contributed by atoms with Gasteiger partial charge in [-0.2, -0.15) is 18.2 Å². The summed E-state index contributed by atoms with van der Waals surface area (Å²) < 4.78 is 55.3. The van der Waals surface area contributed by atoms with E-state index in [1.54, 1.807) is 37.4 Å². The summed E-state index contributed by atoms with van der Waals surface area (Å²) in [7, 11) is 4.62. The van der Waals surface area contributed by atoms with Crippen molar-refractivity contribution in [3.05, 3.63) is 71.8 Å². The summed E-state index contributed by atoms with van der Waals surface area (Å²) >= 11 is 0. The van der Waals surface area contributed by atoms with E-state index in [1.165, 1.54) is 20.3 Å². The van der Waals surface area contributed by atoms with Gasteiger partial charge < -0.3 is 24.8 Å². The molecule has 0 saturated carbocycles. The van der Waals surface area contributed by atoms with Crippen molar-refractivity contribution in [3.63, 3.8) is 0 Å². The van der Waals surface area contributed by atoms with E-state index in [9.17, 15) is 13.2 Å². The molecule has 35 heavy (non-hydrogen) atoms. The van der Waals surface area contributed by atoms with Gasteiger partial charge in [0.15, 0.2) is 11.5 Å². The van der Waals surface area contributed by atoms with Crippen LogP contribution in [0.1, 0.15) is 11.1 Å². The molecule has 4 rings (SSSR count). The van der Waals surface area contributed by atoms with Gasteiger partial charge in [-0.1, -0.05) is 12.1 Å². The molecule has 0 aliphatic rings. The first-order chi connectivity index (χ1) is 16.8. The number of rotatable bonds is 8. The second-order valence-electron chi connectivity index (χ2n) is 7.53. The third-order valence-corrected chi connectivity index (χ3v) is 5.26. The third-order valence-electron chi connectivity index (χ3n) is 5.26. The largest absolute Gasteiger partial charge is 0.497 e. The van der Waals surface area contributed by atoms with Crippen LogP contribution in [-0.2, 0) is 12.7 Å². The van der Waals surface area contributed by atoms with Crippen molar-refractivity contribution in [1.82, 2.24) is 9.97 Å². The quantitative estimate of drug-likeness (QED) is 0.316. The van der Waals surface area contributed by atoms with Crippen molar-refractivity contribution in [2.24, 2.45) is 0 Å². The van der Waals surface area contributed by atoms with Crippen molar-refractivity contribution < 1.29 is 27.4 Å². The summed E-state index contributed by atoms with van der Waals surface area (Å²) in [6.07, 6.45) is -4.42. The first kappa shape index (κ1) is 23.9. The standard InChI is InChI=1S/C25H23F3N4O3/c1-33-18-9-7-17(8-10-18)30-24-31-20-13-22(35-3)21(34-2)12-19(20)23(32-24)29-14-15-5-4-6-16(11-15)25(26,27)28/h4-13H,14H2,1-3H3,(H2,29,30,31,32). The zero-order chi connectivity index (χ0) is 25.0. The van der Waals surface area contributed by atoms with Gasteiger partial charge >= 0.3 is 6.18 Å². The Bertz CT molecular complexity index is 1330. The van der Waals surface area contributed by atoms with Gasteiger partial charge in [0, 0.05) is 23.7 Å². The molecule has 0 bridgehead atoms. The molecule has 3 aromatic carbocycles. The fourth-order valence-electron chi connectivity index (χ4n) is 3.49. The van der Waals surface area contributed by atoms with Crippen LogP contribution < -0.4 is 24.8 Å². The molecule has 2 N–H and O–H groups in total. The fourth-order valence-corrected chi connectivity index (χ4v) is 3.49. The van der Waals surface area contributed by atoms with Crippen molar-refractivity contribution in [2.75, 3.05) is 32.0 Å². The SMILES string of the molecule is COc1ccc(Nc2nc(NCc3cccc(C(F)(F)F)c3)c3cc(OC)c(OC)cc3n2)cc1. The summed E-state index contributed by atoms with van der Waals surface area (Å²) in [4.78, 5) is 9.15. The normalized spacial score (nSPS) is 11.3. The highest BCUT2D eigenvalue weighted by Crippen LogP contribution is 2.35. The fraction of sp³-hybridized carbons (Fsp3) is 0.200. The number of anilines is 3. The molecule has 182 valence electrons. The van der Waals surface area contributed by atoms with Gasteiger partial charge in [-0.3, -0.25) is 0 Å². The molecule has 0 radical (unpaired) electrons. The van der Waals surface area contributed by atoms with Gasteiger partial charge in [0.05, 0.1) is 32.4 Å². The maximum atomic E-state index is 13.1. The van der Waals surface area contributed by atoms with E-state index in [-0.39, 0.29) is 6.54 Å². The van der Waals surface area contributed by atoms with Crippen LogP contribution in [0, 0.1) is 0 Å². The monoisotopic (exact) mass is 484 g/mol. The van der Waals surface area contributed by atoms with Crippen LogP contribution in [-0.4, -0.2) is 31.3 Å². The topological polar surface area (TPSA) is 77.5 Å². The number of alkyl halides is 3. The molecule has 10 heteroatoms. The molecule has 0 saturated heterocycles. The van der Waals surface area contributed by atoms with Crippen molar-refractivity contribution >= 4 is 28.4 Å². The highest BCUT2D eigenvalue weighted by molar-refractivity contribution is 5.93. The van der Waals surface area contributed by atoms with Gasteiger partial charge in [-0.25, -0.2) is 4.98 Å². The summed E-state index contributed by atoms with van der Waals surface area (Å²) in [6, 6.07) is 15.8. The van der Waals surface area contributed by atoms with E-state index >= 15 is 0 Å². The van der Waals surface area contributed by atoms with Crippen LogP contribution in [0.3, 0.4) is 0 Å². The summed E-state index contributed by atoms with van der Waals surface area (Å²) in [6.45, 7) is 0.117. The first-order valence-electron chi connectivity index (χ1n) is 10.6. The molecule has 0 aliphatic heterocycles. The minimum Gasteiger partial charge on any atom is -0.497 e. The third kappa shape index (κ3) is 5.48. The minimum absolute atomic E-state index is 0.117. The second-order valence-corrected chi connectivity index (χ2v) is 7.53. The summed E-state index contributed by atoms with van der Waals surface area (Å²) in [5, 5.41) is 6.90. The lowest BCUT2D eigenvalue weighted by molar-refractivity contribution is -0.137. The number of aromatic nitrogens is 2. The number of methoxy groups -OCH3 is 3. The Morgan fingerprint density at radius 3 is 2.20 bits per heavy atom. The molecule has 0 spiro atoms. The molecule has 0 aliphatic carbocycles. The Balaban J connectivity index is 1.71. The van der Waals surface area contributed by atoms with Gasteiger partial charge in [0.1, 0.15) is 11.6 Å². The highest BCUT2D eigenvalue weighted by atomic mass is 19.4. The number of hydrogen-bond donors (Lipinski definition) is 2.